The number of benzene rings is 1. The van der Waals surface area contributed by atoms with Gasteiger partial charge in [-0.15, -0.1) is 0 Å². The standard InChI is InChI=1S/C17H28ClN5O3S/c1-5-19-16(21-12-15(24)23-17(2,3)4)20-9-10-22-27(25,26)14-8-6-7-13(18)11-14/h6-8,11,22H,5,9-10,12H2,1-4H3,(H,23,24)(H2,19,20,21). The van der Waals surface area contributed by atoms with Gasteiger partial charge >= 0.3 is 0 Å². The molecule has 0 spiro atoms. The van der Waals surface area contributed by atoms with Crippen molar-refractivity contribution in [1.29, 1.82) is 0 Å². The number of rotatable bonds is 8. The lowest BCUT2D eigenvalue weighted by Crippen LogP contribution is -2.44. The Morgan fingerprint density at radius 2 is 1.89 bits per heavy atom. The van der Waals surface area contributed by atoms with Crippen LogP contribution in [0, 0.1) is 0 Å². The molecule has 0 bridgehead atoms. The largest absolute Gasteiger partial charge is 0.357 e. The minimum absolute atomic E-state index is 0.0269. The van der Waals surface area contributed by atoms with Crippen molar-refractivity contribution < 1.29 is 13.2 Å². The molecule has 27 heavy (non-hydrogen) atoms. The Bertz CT molecular complexity index is 760. The van der Waals surface area contributed by atoms with Gasteiger partial charge < -0.3 is 16.0 Å². The summed E-state index contributed by atoms with van der Waals surface area (Å²) in [4.78, 5) is 16.1. The van der Waals surface area contributed by atoms with Crippen LogP contribution in [0.3, 0.4) is 0 Å². The minimum atomic E-state index is -3.64. The molecule has 1 amide bonds. The molecule has 1 aromatic rings. The zero-order chi connectivity index (χ0) is 20.5. The van der Waals surface area contributed by atoms with E-state index in [1.165, 1.54) is 12.1 Å². The number of aliphatic imine (C=N–C) groups is 1. The molecule has 0 unspecified atom stereocenters. The van der Waals surface area contributed by atoms with E-state index in [1.54, 1.807) is 12.1 Å². The van der Waals surface area contributed by atoms with Crippen molar-refractivity contribution in [3.05, 3.63) is 29.3 Å². The van der Waals surface area contributed by atoms with Gasteiger partial charge in [-0.25, -0.2) is 18.1 Å². The molecule has 0 heterocycles. The predicted molar refractivity (Wildman–Crippen MR) is 109 cm³/mol. The fraction of sp³-hybridized carbons (Fsp3) is 0.529. The molecule has 8 nitrogen and oxygen atoms in total. The highest BCUT2D eigenvalue weighted by atomic mass is 35.5. The third-order valence-electron chi connectivity index (χ3n) is 3.06. The summed E-state index contributed by atoms with van der Waals surface area (Å²) in [6, 6.07) is 6.04. The number of carbonyl (C=O) groups is 1. The third kappa shape index (κ3) is 9.60. The van der Waals surface area contributed by atoms with Crippen LogP contribution in [-0.4, -0.2) is 52.0 Å². The molecule has 0 aliphatic heterocycles. The highest BCUT2D eigenvalue weighted by Crippen LogP contribution is 2.14. The first kappa shape index (κ1) is 23.2. The number of hydrogen-bond donors (Lipinski definition) is 4. The number of carbonyl (C=O) groups excluding carboxylic acids is 1. The monoisotopic (exact) mass is 417 g/mol. The second-order valence-electron chi connectivity index (χ2n) is 6.78. The number of hydrogen-bond acceptors (Lipinski definition) is 4. The lowest BCUT2D eigenvalue weighted by Gasteiger charge is -2.20. The number of halogens is 1. The first-order chi connectivity index (χ1) is 12.5. The molecule has 4 N–H and O–H groups in total. The normalized spacial score (nSPS) is 12.6. The maximum absolute atomic E-state index is 12.2. The summed E-state index contributed by atoms with van der Waals surface area (Å²) in [6.07, 6.45) is 0. The molecule has 1 rings (SSSR count). The highest BCUT2D eigenvalue weighted by molar-refractivity contribution is 7.89. The zero-order valence-electron chi connectivity index (χ0n) is 16.1. The molecule has 0 saturated carbocycles. The van der Waals surface area contributed by atoms with Crippen LogP contribution in [0.15, 0.2) is 34.2 Å². The van der Waals surface area contributed by atoms with Crippen molar-refractivity contribution in [2.75, 3.05) is 26.2 Å². The molecule has 1 aromatic carbocycles. The smallest absolute Gasteiger partial charge is 0.242 e. The average Bonchev–Trinajstić information content (AvgIpc) is 2.55. The molecule has 152 valence electrons. The van der Waals surface area contributed by atoms with E-state index >= 15 is 0 Å². The van der Waals surface area contributed by atoms with Gasteiger partial charge in [0, 0.05) is 30.2 Å². The number of nitrogens with zero attached hydrogens (tertiary/aromatic N) is 1. The second-order valence-corrected chi connectivity index (χ2v) is 8.98. The number of guanidine groups is 1. The van der Waals surface area contributed by atoms with Crippen molar-refractivity contribution in [3.63, 3.8) is 0 Å². The highest BCUT2D eigenvalue weighted by Gasteiger charge is 2.14. The van der Waals surface area contributed by atoms with Crippen molar-refractivity contribution in [2.45, 2.75) is 38.1 Å². The lowest BCUT2D eigenvalue weighted by atomic mass is 10.1. The Morgan fingerprint density at radius 3 is 2.48 bits per heavy atom. The van der Waals surface area contributed by atoms with Crippen LogP contribution in [0.5, 0.6) is 0 Å². The quantitative estimate of drug-likeness (QED) is 0.287. The third-order valence-corrected chi connectivity index (χ3v) is 4.75. The van der Waals surface area contributed by atoms with Crippen LogP contribution in [0.4, 0.5) is 0 Å². The van der Waals surface area contributed by atoms with Crippen LogP contribution >= 0.6 is 11.6 Å². The molecule has 0 radical (unpaired) electrons. The Balaban J connectivity index is 2.53. The van der Waals surface area contributed by atoms with Gasteiger partial charge in [0.25, 0.3) is 0 Å². The van der Waals surface area contributed by atoms with Gasteiger partial charge in [-0.2, -0.15) is 0 Å². The van der Waals surface area contributed by atoms with Crippen molar-refractivity contribution in [3.8, 4) is 0 Å². The molecule has 0 aliphatic carbocycles. The van der Waals surface area contributed by atoms with Crippen molar-refractivity contribution in [2.24, 2.45) is 4.99 Å². The van der Waals surface area contributed by atoms with E-state index in [9.17, 15) is 13.2 Å². The fourth-order valence-electron chi connectivity index (χ4n) is 2.03. The summed E-state index contributed by atoms with van der Waals surface area (Å²) >= 11 is 5.83. The molecule has 0 saturated heterocycles. The molecule has 0 aromatic heterocycles. The van der Waals surface area contributed by atoms with E-state index in [0.717, 1.165) is 0 Å². The van der Waals surface area contributed by atoms with Gasteiger partial charge in [-0.05, 0) is 45.9 Å². The average molecular weight is 418 g/mol. The molecule has 0 aliphatic rings. The summed E-state index contributed by atoms with van der Waals surface area (Å²) in [5.74, 6) is 0.241. The van der Waals surface area contributed by atoms with Crippen LogP contribution in [0.2, 0.25) is 5.02 Å². The summed E-state index contributed by atoms with van der Waals surface area (Å²) in [7, 11) is -3.64. The number of nitrogens with one attached hydrogen (secondary N) is 4. The van der Waals surface area contributed by atoms with Gasteiger partial charge in [0.1, 0.15) is 6.54 Å². The lowest BCUT2D eigenvalue weighted by molar-refractivity contribution is -0.121. The van der Waals surface area contributed by atoms with Gasteiger partial charge in [0.05, 0.1) is 4.90 Å². The van der Waals surface area contributed by atoms with Crippen LogP contribution in [0.1, 0.15) is 27.7 Å². The topological polar surface area (TPSA) is 112 Å². The first-order valence-electron chi connectivity index (χ1n) is 8.62. The summed E-state index contributed by atoms with van der Waals surface area (Å²) < 4.78 is 26.9. The van der Waals surface area contributed by atoms with E-state index in [1.807, 2.05) is 27.7 Å². The molecule has 10 heteroatoms. The summed E-state index contributed by atoms with van der Waals surface area (Å²) in [5, 5.41) is 9.16. The van der Waals surface area contributed by atoms with E-state index in [4.69, 9.17) is 11.6 Å². The SMILES string of the molecule is CCNC(=NCC(=O)NC(C)(C)C)NCCNS(=O)(=O)c1cccc(Cl)c1. The number of amides is 1. The van der Waals surface area contributed by atoms with E-state index in [-0.39, 0.29) is 29.4 Å². The molecular weight excluding hydrogens is 390 g/mol. The van der Waals surface area contributed by atoms with Crippen LogP contribution in [0.25, 0.3) is 0 Å². The van der Waals surface area contributed by atoms with Crippen molar-refractivity contribution in [1.82, 2.24) is 20.7 Å². The fourth-order valence-corrected chi connectivity index (χ4v) is 3.37. The van der Waals surface area contributed by atoms with Gasteiger partial charge in [0.2, 0.25) is 15.9 Å². The molecule has 0 fully saturated rings. The Morgan fingerprint density at radius 1 is 1.19 bits per heavy atom. The van der Waals surface area contributed by atoms with Gasteiger partial charge in [0.15, 0.2) is 5.96 Å². The molecular formula is C17H28ClN5O3S. The summed E-state index contributed by atoms with van der Waals surface area (Å²) in [5.41, 5.74) is -0.322. The zero-order valence-corrected chi connectivity index (χ0v) is 17.7. The van der Waals surface area contributed by atoms with Crippen molar-refractivity contribution >= 4 is 33.5 Å². The van der Waals surface area contributed by atoms with E-state index < -0.39 is 10.0 Å². The minimum Gasteiger partial charge on any atom is -0.357 e. The Hall–Kier alpha value is -1.84. The Kier molecular flexibility index (Phi) is 9.01. The second kappa shape index (κ2) is 10.5. The maximum atomic E-state index is 12.2. The van der Waals surface area contributed by atoms with E-state index in [2.05, 4.69) is 25.7 Å². The Labute approximate surface area is 166 Å². The summed E-state index contributed by atoms with van der Waals surface area (Å²) in [6.45, 7) is 8.61. The molecule has 0 atom stereocenters. The van der Waals surface area contributed by atoms with Gasteiger partial charge in [-0.3, -0.25) is 4.79 Å². The van der Waals surface area contributed by atoms with Crippen LogP contribution < -0.4 is 20.7 Å². The first-order valence-corrected chi connectivity index (χ1v) is 10.5. The number of sulfonamides is 1. The van der Waals surface area contributed by atoms with Gasteiger partial charge in [-0.1, -0.05) is 17.7 Å². The van der Waals surface area contributed by atoms with E-state index in [0.29, 0.717) is 24.1 Å². The predicted octanol–water partition coefficient (Wildman–Crippen LogP) is 1.09. The van der Waals surface area contributed by atoms with Crippen LogP contribution in [-0.2, 0) is 14.8 Å². The maximum Gasteiger partial charge on any atom is 0.242 e.